The van der Waals surface area contributed by atoms with E-state index in [1.165, 1.54) is 16.5 Å². The molecule has 102 valence electrons. The molecule has 1 atom stereocenters. The zero-order valence-corrected chi connectivity index (χ0v) is 13.4. The van der Waals surface area contributed by atoms with Crippen LogP contribution in [0.25, 0.3) is 11.3 Å². The quantitative estimate of drug-likeness (QED) is 0.923. The van der Waals surface area contributed by atoms with Crippen LogP contribution in [0.4, 0.5) is 10.8 Å². The maximum Gasteiger partial charge on any atom is 0.148 e. The molecule has 0 radical (unpaired) electrons. The van der Waals surface area contributed by atoms with Crippen molar-refractivity contribution in [2.75, 3.05) is 28.7 Å². The Morgan fingerprint density at radius 2 is 2.32 bits per heavy atom. The fraction of sp³-hybridized carbons (Fsp3) is 0.500. The minimum Gasteiger partial charge on any atom is -0.382 e. The minimum absolute atomic E-state index is 0.525. The van der Waals surface area contributed by atoms with Gasteiger partial charge < -0.3 is 10.6 Å². The van der Waals surface area contributed by atoms with E-state index in [4.69, 9.17) is 5.73 Å². The third-order valence-corrected chi connectivity index (χ3v) is 6.07. The Kier molecular flexibility index (Phi) is 3.68. The third-order valence-electron chi connectivity index (χ3n) is 3.20. The van der Waals surface area contributed by atoms with Gasteiger partial charge in [-0.1, -0.05) is 0 Å². The van der Waals surface area contributed by atoms with E-state index >= 15 is 0 Å². The number of thioether (sulfide) groups is 1. The molecule has 2 N–H and O–H groups in total. The molecule has 7 heteroatoms. The maximum absolute atomic E-state index is 6.07. The van der Waals surface area contributed by atoms with E-state index in [0.717, 1.165) is 34.3 Å². The summed E-state index contributed by atoms with van der Waals surface area (Å²) in [6.07, 6.45) is 0. The topological polar surface area (TPSA) is 55.0 Å². The van der Waals surface area contributed by atoms with Gasteiger partial charge >= 0.3 is 0 Å². The predicted molar refractivity (Wildman–Crippen MR) is 86.5 cm³/mol. The summed E-state index contributed by atoms with van der Waals surface area (Å²) in [5.41, 5.74) is 8.06. The van der Waals surface area contributed by atoms with Crippen LogP contribution in [-0.2, 0) is 0 Å². The Hall–Kier alpha value is -0.790. The van der Waals surface area contributed by atoms with Gasteiger partial charge in [0.2, 0.25) is 0 Å². The first-order chi connectivity index (χ1) is 9.16. The van der Waals surface area contributed by atoms with Gasteiger partial charge in [0.05, 0.1) is 16.3 Å². The van der Waals surface area contributed by atoms with Gasteiger partial charge in [0.25, 0.3) is 0 Å². The molecule has 0 amide bonds. The molecule has 19 heavy (non-hydrogen) atoms. The molecular weight excluding hydrogens is 296 g/mol. The SMILES string of the molecule is Cc1nc(-c2c(N)nsc2N2CCSCC2C)cs1. The van der Waals surface area contributed by atoms with Crippen LogP contribution in [-0.4, -0.2) is 33.4 Å². The molecule has 2 aromatic heterocycles. The van der Waals surface area contributed by atoms with Crippen molar-refractivity contribution in [3.8, 4) is 11.3 Å². The number of aromatic nitrogens is 2. The predicted octanol–water partition coefficient (Wildman–Crippen LogP) is 3.10. The van der Waals surface area contributed by atoms with E-state index < -0.39 is 0 Å². The summed E-state index contributed by atoms with van der Waals surface area (Å²) in [7, 11) is 0. The first-order valence-electron chi connectivity index (χ1n) is 6.19. The highest BCUT2D eigenvalue weighted by molar-refractivity contribution is 7.99. The standard InChI is InChI=1S/C12H16N4S3/c1-7-5-17-4-3-16(7)12-10(11(13)15-19-12)9-6-18-8(2)14-9/h6-7H,3-5H2,1-2H3,(H2,13,15). The summed E-state index contributed by atoms with van der Waals surface area (Å²) in [5, 5.41) is 4.31. The van der Waals surface area contributed by atoms with E-state index in [0.29, 0.717) is 11.9 Å². The molecule has 0 bridgehead atoms. The number of hydrogen-bond acceptors (Lipinski definition) is 7. The molecule has 0 spiro atoms. The monoisotopic (exact) mass is 312 g/mol. The first-order valence-corrected chi connectivity index (χ1v) is 8.99. The van der Waals surface area contributed by atoms with Crippen LogP contribution in [0.3, 0.4) is 0 Å². The summed E-state index contributed by atoms with van der Waals surface area (Å²) in [5.74, 6) is 2.93. The highest BCUT2D eigenvalue weighted by Gasteiger charge is 2.26. The van der Waals surface area contributed by atoms with E-state index in [2.05, 4.69) is 26.6 Å². The maximum atomic E-state index is 6.07. The Labute approximate surface area is 125 Å². The number of aryl methyl sites for hydroxylation is 1. The summed E-state index contributed by atoms with van der Waals surface area (Å²) >= 11 is 5.16. The molecular formula is C12H16N4S3. The van der Waals surface area contributed by atoms with E-state index in [1.807, 2.05) is 18.7 Å². The number of rotatable bonds is 2. The number of nitrogens with zero attached hydrogens (tertiary/aromatic N) is 3. The fourth-order valence-corrected chi connectivity index (χ4v) is 4.81. The van der Waals surface area contributed by atoms with Gasteiger partial charge in [-0.2, -0.15) is 16.1 Å². The molecule has 1 fully saturated rings. The average molecular weight is 312 g/mol. The average Bonchev–Trinajstić information content (AvgIpc) is 2.96. The third kappa shape index (κ3) is 2.46. The van der Waals surface area contributed by atoms with E-state index in [9.17, 15) is 0 Å². The van der Waals surface area contributed by atoms with Crippen molar-refractivity contribution in [2.24, 2.45) is 0 Å². The Morgan fingerprint density at radius 3 is 3.00 bits per heavy atom. The molecule has 1 aliphatic rings. The second kappa shape index (κ2) is 5.30. The molecule has 3 heterocycles. The summed E-state index contributed by atoms with van der Waals surface area (Å²) < 4.78 is 4.35. The second-order valence-corrected chi connectivity index (χ2v) is 7.58. The number of thiazole rings is 1. The van der Waals surface area contributed by atoms with Crippen LogP contribution < -0.4 is 10.6 Å². The van der Waals surface area contributed by atoms with Gasteiger partial charge in [-0.3, -0.25) is 0 Å². The Bertz CT molecular complexity index is 577. The van der Waals surface area contributed by atoms with Crippen LogP contribution in [0.2, 0.25) is 0 Å². The molecule has 0 aliphatic carbocycles. The zero-order chi connectivity index (χ0) is 13.4. The molecule has 3 rings (SSSR count). The lowest BCUT2D eigenvalue weighted by Crippen LogP contribution is -2.40. The highest BCUT2D eigenvalue weighted by atomic mass is 32.2. The number of nitrogens with two attached hydrogens (primary N) is 1. The van der Waals surface area contributed by atoms with Crippen molar-refractivity contribution in [2.45, 2.75) is 19.9 Å². The molecule has 1 saturated heterocycles. The van der Waals surface area contributed by atoms with Crippen LogP contribution >= 0.6 is 34.6 Å². The van der Waals surface area contributed by atoms with Crippen LogP contribution in [0.15, 0.2) is 5.38 Å². The van der Waals surface area contributed by atoms with Crippen molar-refractivity contribution in [1.82, 2.24) is 9.36 Å². The minimum atomic E-state index is 0.525. The van der Waals surface area contributed by atoms with Gasteiger partial charge in [0, 0.05) is 29.5 Å². The zero-order valence-electron chi connectivity index (χ0n) is 10.9. The Morgan fingerprint density at radius 1 is 1.47 bits per heavy atom. The Balaban J connectivity index is 2.03. The van der Waals surface area contributed by atoms with Crippen molar-refractivity contribution in [3.05, 3.63) is 10.4 Å². The fourth-order valence-electron chi connectivity index (χ4n) is 2.24. The lowest BCUT2D eigenvalue weighted by molar-refractivity contribution is 0.706. The molecule has 0 saturated carbocycles. The second-order valence-electron chi connectivity index (χ2n) is 4.62. The first kappa shape index (κ1) is 13.2. The van der Waals surface area contributed by atoms with Crippen molar-refractivity contribution < 1.29 is 0 Å². The number of anilines is 2. The largest absolute Gasteiger partial charge is 0.382 e. The van der Waals surface area contributed by atoms with Crippen LogP contribution in [0, 0.1) is 6.92 Å². The van der Waals surface area contributed by atoms with Crippen LogP contribution in [0.5, 0.6) is 0 Å². The molecule has 1 unspecified atom stereocenters. The molecule has 0 aromatic carbocycles. The van der Waals surface area contributed by atoms with Gasteiger partial charge in [0.15, 0.2) is 0 Å². The summed E-state index contributed by atoms with van der Waals surface area (Å²) in [6, 6.07) is 0.525. The summed E-state index contributed by atoms with van der Waals surface area (Å²) in [4.78, 5) is 6.99. The van der Waals surface area contributed by atoms with E-state index in [-0.39, 0.29) is 0 Å². The van der Waals surface area contributed by atoms with E-state index in [1.54, 1.807) is 11.3 Å². The van der Waals surface area contributed by atoms with Crippen LogP contribution in [0.1, 0.15) is 11.9 Å². The van der Waals surface area contributed by atoms with Gasteiger partial charge in [0.1, 0.15) is 10.8 Å². The lowest BCUT2D eigenvalue weighted by atomic mass is 10.2. The molecule has 4 nitrogen and oxygen atoms in total. The van der Waals surface area contributed by atoms with Gasteiger partial charge in [-0.25, -0.2) is 4.98 Å². The number of nitrogen functional groups attached to an aromatic ring is 1. The normalized spacial score (nSPS) is 19.9. The highest BCUT2D eigenvalue weighted by Crippen LogP contribution is 2.41. The van der Waals surface area contributed by atoms with Crippen molar-refractivity contribution >= 4 is 45.5 Å². The molecule has 1 aliphatic heterocycles. The summed E-state index contributed by atoms with van der Waals surface area (Å²) in [6.45, 7) is 5.34. The molecule has 2 aromatic rings. The smallest absolute Gasteiger partial charge is 0.148 e. The van der Waals surface area contributed by atoms with Gasteiger partial charge in [-0.05, 0) is 25.4 Å². The van der Waals surface area contributed by atoms with Crippen molar-refractivity contribution in [3.63, 3.8) is 0 Å². The number of hydrogen-bond donors (Lipinski definition) is 1. The lowest BCUT2D eigenvalue weighted by Gasteiger charge is -2.34. The van der Waals surface area contributed by atoms with Crippen molar-refractivity contribution in [1.29, 1.82) is 0 Å². The van der Waals surface area contributed by atoms with Gasteiger partial charge in [-0.15, -0.1) is 11.3 Å².